The second kappa shape index (κ2) is 4.57. The number of alkyl halides is 3. The zero-order chi connectivity index (χ0) is 11.5. The zero-order valence-corrected chi connectivity index (χ0v) is 7.63. The maximum absolute atomic E-state index is 12.4. The number of hydrogen-bond donors (Lipinski definition) is 1. The van der Waals surface area contributed by atoms with E-state index in [1.165, 1.54) is 0 Å². The molecular weight excluding hydrogens is 214 g/mol. The van der Waals surface area contributed by atoms with Crippen LogP contribution < -0.4 is 0 Å². The number of aromatic nitrogens is 1. The minimum absolute atomic E-state index is 0.0423. The molecule has 0 amide bonds. The van der Waals surface area contributed by atoms with Crippen LogP contribution >= 0.6 is 0 Å². The minimum Gasteiger partial charge on any atom is -0.387 e. The molecule has 1 rings (SSSR count). The first kappa shape index (κ1) is 11.9. The smallest absolute Gasteiger partial charge is 0.387 e. The van der Waals surface area contributed by atoms with Crippen LogP contribution in [0.1, 0.15) is 24.6 Å². The van der Waals surface area contributed by atoms with Crippen molar-refractivity contribution in [3.63, 3.8) is 0 Å². The molecule has 15 heavy (non-hydrogen) atoms. The van der Waals surface area contributed by atoms with Gasteiger partial charge >= 0.3 is 6.18 Å². The van der Waals surface area contributed by atoms with Gasteiger partial charge in [0.25, 0.3) is 0 Å². The fourth-order valence-electron chi connectivity index (χ4n) is 1.03. The number of halogens is 4. The number of aliphatic hydroxyl groups is 1. The molecule has 0 aliphatic carbocycles. The number of nitrogens with zero attached hydrogens (tertiary/aromatic N) is 1. The first-order chi connectivity index (χ1) is 6.88. The quantitative estimate of drug-likeness (QED) is 0.799. The van der Waals surface area contributed by atoms with Crippen molar-refractivity contribution >= 4 is 0 Å². The summed E-state index contributed by atoms with van der Waals surface area (Å²) >= 11 is 0. The molecule has 1 aromatic rings. The summed E-state index contributed by atoms with van der Waals surface area (Å²) < 4.78 is 47.8. The molecule has 0 aliphatic rings. The third-order valence-electron chi connectivity index (χ3n) is 1.79. The summed E-state index contributed by atoms with van der Waals surface area (Å²) in [5, 5.41) is 9.29. The highest BCUT2D eigenvalue weighted by atomic mass is 19.4. The Kier molecular flexibility index (Phi) is 3.62. The van der Waals surface area contributed by atoms with Crippen molar-refractivity contribution in [3.05, 3.63) is 29.8 Å². The first-order valence-electron chi connectivity index (χ1n) is 4.25. The Morgan fingerprint density at radius 1 is 1.33 bits per heavy atom. The van der Waals surface area contributed by atoms with Crippen LogP contribution in [0.3, 0.4) is 0 Å². The summed E-state index contributed by atoms with van der Waals surface area (Å²) in [6, 6.07) is 2.20. The molecule has 1 aromatic heterocycles. The van der Waals surface area contributed by atoms with E-state index in [2.05, 4.69) is 4.98 Å². The van der Waals surface area contributed by atoms with Crippen LogP contribution in [0.4, 0.5) is 17.6 Å². The van der Waals surface area contributed by atoms with Gasteiger partial charge in [0.15, 0.2) is 0 Å². The number of aliphatic hydroxyl groups excluding tert-OH is 1. The monoisotopic (exact) mass is 223 g/mol. The maximum atomic E-state index is 12.4. The summed E-state index contributed by atoms with van der Waals surface area (Å²) in [5.41, 5.74) is 0.0423. The molecular formula is C9H9F4NO. The van der Waals surface area contributed by atoms with Crippen molar-refractivity contribution in [2.45, 2.75) is 25.1 Å². The topological polar surface area (TPSA) is 33.1 Å². The van der Waals surface area contributed by atoms with Crippen LogP contribution in [0.5, 0.6) is 0 Å². The van der Waals surface area contributed by atoms with E-state index in [1.807, 2.05) is 0 Å². The van der Waals surface area contributed by atoms with E-state index in [0.717, 1.165) is 18.3 Å². The van der Waals surface area contributed by atoms with E-state index >= 15 is 0 Å². The average Bonchev–Trinajstić information content (AvgIpc) is 2.14. The lowest BCUT2D eigenvalue weighted by Crippen LogP contribution is -2.10. The largest absolute Gasteiger partial charge is 0.389 e. The summed E-state index contributed by atoms with van der Waals surface area (Å²) in [7, 11) is 0. The molecule has 0 fully saturated rings. The molecule has 0 aromatic carbocycles. The minimum atomic E-state index is -4.30. The van der Waals surface area contributed by atoms with E-state index in [4.69, 9.17) is 0 Å². The van der Waals surface area contributed by atoms with Crippen molar-refractivity contribution < 1.29 is 22.7 Å². The van der Waals surface area contributed by atoms with E-state index in [-0.39, 0.29) is 5.69 Å². The Balaban J connectivity index is 2.54. The van der Waals surface area contributed by atoms with Gasteiger partial charge in [-0.05, 0) is 18.6 Å². The van der Waals surface area contributed by atoms with Crippen LogP contribution in [0.25, 0.3) is 0 Å². The zero-order valence-electron chi connectivity index (χ0n) is 7.63. The van der Waals surface area contributed by atoms with Gasteiger partial charge in [-0.1, -0.05) is 0 Å². The fraction of sp³-hybridized carbons (Fsp3) is 0.444. The molecule has 0 saturated heterocycles. The summed E-state index contributed by atoms with van der Waals surface area (Å²) in [5.74, 6) is -0.596. The molecule has 2 nitrogen and oxygen atoms in total. The van der Waals surface area contributed by atoms with Crippen LogP contribution in [0, 0.1) is 5.82 Å². The molecule has 0 aliphatic heterocycles. The number of rotatable bonds is 3. The van der Waals surface area contributed by atoms with Crippen molar-refractivity contribution in [2.24, 2.45) is 0 Å². The Morgan fingerprint density at radius 2 is 2.00 bits per heavy atom. The lowest BCUT2D eigenvalue weighted by Gasteiger charge is -2.11. The van der Waals surface area contributed by atoms with Crippen molar-refractivity contribution in [1.82, 2.24) is 4.98 Å². The predicted molar refractivity (Wildman–Crippen MR) is 44.4 cm³/mol. The van der Waals surface area contributed by atoms with E-state index in [9.17, 15) is 22.7 Å². The predicted octanol–water partition coefficient (Wildman–Crippen LogP) is 2.60. The van der Waals surface area contributed by atoms with Crippen LogP contribution in [0.15, 0.2) is 18.3 Å². The Bertz CT molecular complexity index is 309. The van der Waals surface area contributed by atoms with Gasteiger partial charge in [-0.25, -0.2) is 4.39 Å². The third-order valence-corrected chi connectivity index (χ3v) is 1.79. The lowest BCUT2D eigenvalue weighted by molar-refractivity contribution is -0.140. The number of hydrogen-bond acceptors (Lipinski definition) is 2. The van der Waals surface area contributed by atoms with Gasteiger partial charge in [-0.15, -0.1) is 0 Å². The normalized spacial score (nSPS) is 13.9. The molecule has 0 saturated carbocycles. The fourth-order valence-corrected chi connectivity index (χ4v) is 1.03. The second-order valence-corrected chi connectivity index (χ2v) is 3.07. The number of pyridine rings is 1. The SMILES string of the molecule is OC(CCC(F)(F)F)c1ccc(F)cn1. The summed E-state index contributed by atoms with van der Waals surface area (Å²) in [4.78, 5) is 3.49. The summed E-state index contributed by atoms with van der Waals surface area (Å²) in [6.07, 6.45) is -6.32. The van der Waals surface area contributed by atoms with E-state index in [0.29, 0.717) is 0 Å². The highest BCUT2D eigenvalue weighted by Gasteiger charge is 2.28. The molecule has 1 heterocycles. The molecule has 0 spiro atoms. The van der Waals surface area contributed by atoms with Crippen molar-refractivity contribution in [3.8, 4) is 0 Å². The Labute approximate surface area is 83.6 Å². The second-order valence-electron chi connectivity index (χ2n) is 3.07. The average molecular weight is 223 g/mol. The summed E-state index contributed by atoms with van der Waals surface area (Å²) in [6.45, 7) is 0. The third kappa shape index (κ3) is 4.24. The van der Waals surface area contributed by atoms with Gasteiger partial charge in [-0.3, -0.25) is 4.98 Å². The van der Waals surface area contributed by atoms with Crippen LogP contribution in [-0.2, 0) is 0 Å². The molecule has 1 atom stereocenters. The molecule has 1 N–H and O–H groups in total. The molecule has 84 valence electrons. The highest BCUT2D eigenvalue weighted by Crippen LogP contribution is 2.26. The van der Waals surface area contributed by atoms with Gasteiger partial charge in [0, 0.05) is 6.42 Å². The van der Waals surface area contributed by atoms with Gasteiger partial charge in [0.2, 0.25) is 0 Å². The van der Waals surface area contributed by atoms with Gasteiger partial charge < -0.3 is 5.11 Å². The molecule has 1 unspecified atom stereocenters. The maximum Gasteiger partial charge on any atom is 0.389 e. The van der Waals surface area contributed by atoms with Crippen molar-refractivity contribution in [2.75, 3.05) is 0 Å². The molecule has 0 bridgehead atoms. The van der Waals surface area contributed by atoms with Crippen molar-refractivity contribution in [1.29, 1.82) is 0 Å². The van der Waals surface area contributed by atoms with Gasteiger partial charge in [-0.2, -0.15) is 13.2 Å². The van der Waals surface area contributed by atoms with Crippen LogP contribution in [0.2, 0.25) is 0 Å². The van der Waals surface area contributed by atoms with Gasteiger partial charge in [0.05, 0.1) is 18.0 Å². The van der Waals surface area contributed by atoms with Gasteiger partial charge in [0.1, 0.15) is 5.82 Å². The van der Waals surface area contributed by atoms with Crippen LogP contribution in [-0.4, -0.2) is 16.3 Å². The lowest BCUT2D eigenvalue weighted by atomic mass is 10.1. The molecule has 6 heteroatoms. The Morgan fingerprint density at radius 3 is 2.47 bits per heavy atom. The van der Waals surface area contributed by atoms with E-state index in [1.54, 1.807) is 0 Å². The Hall–Kier alpha value is -1.17. The highest BCUT2D eigenvalue weighted by molar-refractivity contribution is 5.07. The van der Waals surface area contributed by atoms with E-state index < -0.39 is 30.9 Å². The molecule has 0 radical (unpaired) electrons. The standard InChI is InChI=1S/C9H9F4NO/c10-6-1-2-7(14-5-6)8(15)3-4-9(11,12)13/h1-2,5,8,15H,3-4H2. The first-order valence-corrected chi connectivity index (χ1v) is 4.25.